The molecule has 0 aliphatic rings. The molecule has 1 amide bonds. The van der Waals surface area contributed by atoms with E-state index in [4.69, 9.17) is 4.74 Å². The van der Waals surface area contributed by atoms with E-state index in [1.54, 1.807) is 24.3 Å². The average Bonchev–Trinajstić information content (AvgIpc) is 2.43. The van der Waals surface area contributed by atoms with Crippen molar-refractivity contribution in [2.24, 2.45) is 0 Å². The van der Waals surface area contributed by atoms with Gasteiger partial charge in [0.2, 0.25) is 0 Å². The molecule has 1 aromatic rings. The third-order valence-corrected chi connectivity index (χ3v) is 2.28. The van der Waals surface area contributed by atoms with Crippen LogP contribution >= 0.6 is 0 Å². The Morgan fingerprint density at radius 2 is 2.00 bits per heavy atom. The van der Waals surface area contributed by atoms with Crippen LogP contribution in [0.2, 0.25) is 0 Å². The van der Waals surface area contributed by atoms with Crippen LogP contribution in [0.3, 0.4) is 0 Å². The molecule has 1 aromatic carbocycles. The van der Waals surface area contributed by atoms with Crippen molar-refractivity contribution >= 4 is 11.9 Å². The topological polar surface area (TPSA) is 84.9 Å². The van der Waals surface area contributed by atoms with Crippen LogP contribution in [0.5, 0.6) is 5.75 Å². The van der Waals surface area contributed by atoms with Crippen LogP contribution in [0.1, 0.15) is 10.4 Å². The lowest BCUT2D eigenvalue weighted by atomic mass is 10.2. The highest BCUT2D eigenvalue weighted by atomic mass is 16.5. The minimum absolute atomic E-state index is 0.219. The van der Waals surface area contributed by atoms with Crippen molar-refractivity contribution in [3.05, 3.63) is 29.8 Å². The first-order valence-corrected chi connectivity index (χ1v) is 5.27. The van der Waals surface area contributed by atoms with E-state index in [1.807, 2.05) is 0 Å². The number of carbonyl (C=O) groups excluding carboxylic acids is 2. The number of nitrogens with one attached hydrogen (secondary N) is 1. The number of esters is 1. The SMILES string of the molecule is COC(=O)C(O)CNC(=O)c1ccccc1OC. The second-order valence-corrected chi connectivity index (χ2v) is 3.45. The van der Waals surface area contributed by atoms with Crippen LogP contribution in [-0.2, 0) is 9.53 Å². The zero-order valence-corrected chi connectivity index (χ0v) is 10.2. The van der Waals surface area contributed by atoms with Crippen LogP contribution in [-0.4, -0.2) is 43.9 Å². The molecule has 0 saturated carbocycles. The summed E-state index contributed by atoms with van der Waals surface area (Å²) in [7, 11) is 2.61. The first-order chi connectivity index (χ1) is 8.60. The zero-order valence-electron chi connectivity index (χ0n) is 10.2. The molecular weight excluding hydrogens is 238 g/mol. The maximum absolute atomic E-state index is 11.8. The normalized spacial score (nSPS) is 11.5. The summed E-state index contributed by atoms with van der Waals surface area (Å²) in [4.78, 5) is 22.7. The summed E-state index contributed by atoms with van der Waals surface area (Å²) in [6.07, 6.45) is -1.38. The van der Waals surface area contributed by atoms with E-state index in [9.17, 15) is 14.7 Å². The van der Waals surface area contributed by atoms with Gasteiger partial charge in [0.15, 0.2) is 6.10 Å². The quantitative estimate of drug-likeness (QED) is 0.719. The Labute approximate surface area is 105 Å². The van der Waals surface area contributed by atoms with Gasteiger partial charge in [-0.2, -0.15) is 0 Å². The molecule has 0 radical (unpaired) electrons. The van der Waals surface area contributed by atoms with Gasteiger partial charge in [0.25, 0.3) is 5.91 Å². The third-order valence-electron chi connectivity index (χ3n) is 2.28. The molecule has 18 heavy (non-hydrogen) atoms. The summed E-state index contributed by atoms with van der Waals surface area (Å²) in [5.74, 6) is -0.812. The summed E-state index contributed by atoms with van der Waals surface area (Å²) in [6, 6.07) is 6.65. The van der Waals surface area contributed by atoms with Crippen LogP contribution in [0, 0.1) is 0 Å². The van der Waals surface area contributed by atoms with Gasteiger partial charge in [-0.15, -0.1) is 0 Å². The molecule has 0 aliphatic heterocycles. The van der Waals surface area contributed by atoms with Gasteiger partial charge in [0.1, 0.15) is 5.75 Å². The highest BCUT2D eigenvalue weighted by Crippen LogP contribution is 2.16. The summed E-state index contributed by atoms with van der Waals surface area (Å²) in [5.41, 5.74) is 0.331. The molecule has 6 heteroatoms. The first-order valence-electron chi connectivity index (χ1n) is 5.27. The summed E-state index contributed by atoms with van der Waals surface area (Å²) >= 11 is 0. The number of rotatable bonds is 5. The van der Waals surface area contributed by atoms with E-state index >= 15 is 0 Å². The van der Waals surface area contributed by atoms with Crippen molar-refractivity contribution in [3.8, 4) is 5.75 Å². The Morgan fingerprint density at radius 1 is 1.33 bits per heavy atom. The van der Waals surface area contributed by atoms with Crippen LogP contribution < -0.4 is 10.1 Å². The molecule has 0 saturated heterocycles. The average molecular weight is 253 g/mol. The number of hydrogen-bond acceptors (Lipinski definition) is 5. The predicted molar refractivity (Wildman–Crippen MR) is 63.4 cm³/mol. The molecule has 0 aromatic heterocycles. The molecule has 0 bridgehead atoms. The minimum atomic E-state index is -1.38. The number of carbonyl (C=O) groups is 2. The fraction of sp³-hybridized carbons (Fsp3) is 0.333. The molecule has 98 valence electrons. The van der Waals surface area contributed by atoms with Gasteiger partial charge in [-0.1, -0.05) is 12.1 Å². The van der Waals surface area contributed by atoms with Gasteiger partial charge >= 0.3 is 5.97 Å². The second-order valence-electron chi connectivity index (χ2n) is 3.45. The van der Waals surface area contributed by atoms with E-state index in [0.717, 1.165) is 7.11 Å². The standard InChI is InChI=1S/C12H15NO5/c1-17-10-6-4-3-5-8(10)11(15)13-7-9(14)12(16)18-2/h3-6,9,14H,7H2,1-2H3,(H,13,15). The summed E-state index contributed by atoms with van der Waals surface area (Å²) in [5, 5.41) is 11.7. The number of para-hydroxylation sites is 1. The van der Waals surface area contributed by atoms with E-state index < -0.39 is 18.0 Å². The Hall–Kier alpha value is -2.08. The van der Waals surface area contributed by atoms with Gasteiger partial charge in [0, 0.05) is 0 Å². The maximum atomic E-state index is 11.8. The number of ether oxygens (including phenoxy) is 2. The van der Waals surface area contributed by atoms with Crippen molar-refractivity contribution < 1.29 is 24.2 Å². The number of aliphatic hydroxyl groups excluding tert-OH is 1. The van der Waals surface area contributed by atoms with E-state index in [1.165, 1.54) is 7.11 Å². The number of methoxy groups -OCH3 is 2. The molecule has 2 N–H and O–H groups in total. The number of benzene rings is 1. The van der Waals surface area contributed by atoms with Crippen molar-refractivity contribution in [1.82, 2.24) is 5.32 Å². The number of amides is 1. The summed E-state index contributed by atoms with van der Waals surface area (Å²) in [6.45, 7) is -0.219. The van der Waals surface area contributed by atoms with Gasteiger partial charge in [-0.05, 0) is 12.1 Å². The zero-order chi connectivity index (χ0) is 13.5. The molecule has 1 rings (SSSR count). The molecule has 1 atom stereocenters. The molecule has 0 heterocycles. The lowest BCUT2D eigenvalue weighted by Gasteiger charge is -2.11. The minimum Gasteiger partial charge on any atom is -0.496 e. The van der Waals surface area contributed by atoms with Crippen LogP contribution in [0.15, 0.2) is 24.3 Å². The highest BCUT2D eigenvalue weighted by molar-refractivity contribution is 5.97. The maximum Gasteiger partial charge on any atom is 0.336 e. The Bertz CT molecular complexity index is 432. The van der Waals surface area contributed by atoms with Crippen molar-refractivity contribution in [2.75, 3.05) is 20.8 Å². The highest BCUT2D eigenvalue weighted by Gasteiger charge is 2.18. The Morgan fingerprint density at radius 3 is 2.61 bits per heavy atom. The van der Waals surface area contributed by atoms with Gasteiger partial charge < -0.3 is 19.9 Å². The molecular formula is C12H15NO5. The van der Waals surface area contributed by atoms with Gasteiger partial charge in [-0.25, -0.2) is 4.79 Å². The fourth-order valence-electron chi connectivity index (χ4n) is 1.34. The van der Waals surface area contributed by atoms with Crippen molar-refractivity contribution in [2.45, 2.75) is 6.10 Å². The molecule has 0 spiro atoms. The predicted octanol–water partition coefficient (Wildman–Crippen LogP) is -0.0411. The smallest absolute Gasteiger partial charge is 0.336 e. The largest absolute Gasteiger partial charge is 0.496 e. The summed E-state index contributed by atoms with van der Waals surface area (Å²) < 4.78 is 9.36. The monoisotopic (exact) mass is 253 g/mol. The lowest BCUT2D eigenvalue weighted by Crippen LogP contribution is -2.37. The second kappa shape index (κ2) is 6.61. The lowest BCUT2D eigenvalue weighted by molar-refractivity contribution is -0.149. The van der Waals surface area contributed by atoms with Crippen molar-refractivity contribution in [3.63, 3.8) is 0 Å². The molecule has 0 aliphatic carbocycles. The fourth-order valence-corrected chi connectivity index (χ4v) is 1.34. The van der Waals surface area contributed by atoms with Gasteiger partial charge in [0.05, 0.1) is 26.3 Å². The first kappa shape index (κ1) is 14.0. The Balaban J connectivity index is 2.63. The van der Waals surface area contributed by atoms with E-state index in [-0.39, 0.29) is 6.54 Å². The van der Waals surface area contributed by atoms with E-state index in [2.05, 4.69) is 10.1 Å². The van der Waals surface area contributed by atoms with E-state index in [0.29, 0.717) is 11.3 Å². The molecule has 0 fully saturated rings. The van der Waals surface area contributed by atoms with Crippen LogP contribution in [0.25, 0.3) is 0 Å². The van der Waals surface area contributed by atoms with Crippen molar-refractivity contribution in [1.29, 1.82) is 0 Å². The molecule has 1 unspecified atom stereocenters. The number of aliphatic hydroxyl groups is 1. The third kappa shape index (κ3) is 3.46. The van der Waals surface area contributed by atoms with Gasteiger partial charge in [-0.3, -0.25) is 4.79 Å². The Kier molecular flexibility index (Phi) is 5.13. The number of hydrogen-bond donors (Lipinski definition) is 2. The van der Waals surface area contributed by atoms with Crippen LogP contribution in [0.4, 0.5) is 0 Å². The molecule has 6 nitrogen and oxygen atoms in total.